The first-order chi connectivity index (χ1) is 3.39. The quantitative estimate of drug-likeness (QED) is 0.500. The molecule has 0 aromatic carbocycles. The largest absolute Gasteiger partial charge is 0.368 e. The molecule has 1 aliphatic heterocycles. The first-order valence-electron chi connectivity index (χ1n) is 1.94. The topological polar surface area (TPSA) is 47.3 Å². The van der Waals surface area contributed by atoms with Gasteiger partial charge in [-0.05, 0) is 6.08 Å². The summed E-state index contributed by atoms with van der Waals surface area (Å²) in [7, 11) is 0. The zero-order chi connectivity index (χ0) is 5.11. The predicted molar refractivity (Wildman–Crippen MR) is 32.9 cm³/mol. The van der Waals surface area contributed by atoms with E-state index in [0.29, 0.717) is 5.88 Å². The fourth-order valence-electron chi connectivity index (χ4n) is 0.318. The van der Waals surface area contributed by atoms with E-state index in [9.17, 15) is 0 Å². The highest BCUT2D eigenvalue weighted by Crippen LogP contribution is 1.89. The van der Waals surface area contributed by atoms with Crippen molar-refractivity contribution in [1.82, 2.24) is 5.48 Å². The van der Waals surface area contributed by atoms with E-state index in [1.807, 2.05) is 0 Å². The van der Waals surface area contributed by atoms with Crippen molar-refractivity contribution < 1.29 is 4.84 Å². The Labute approximate surface area is 53.6 Å². The summed E-state index contributed by atoms with van der Waals surface area (Å²) in [5.74, 6) is 0.391. The van der Waals surface area contributed by atoms with Crippen LogP contribution in [-0.4, -0.2) is 0 Å². The van der Waals surface area contributed by atoms with Gasteiger partial charge in [-0.1, -0.05) is 0 Å². The second kappa shape index (κ2) is 3.21. The van der Waals surface area contributed by atoms with Crippen molar-refractivity contribution in [1.29, 1.82) is 0 Å². The Bertz CT molecular complexity index is 121. The zero-order valence-corrected chi connectivity index (χ0v) is 4.94. The molecule has 3 N–H and O–H groups in total. The van der Waals surface area contributed by atoms with E-state index in [-0.39, 0.29) is 12.4 Å². The second-order valence-electron chi connectivity index (χ2n) is 1.15. The Morgan fingerprint density at radius 3 is 2.62 bits per heavy atom. The SMILES string of the molecule is Cl.NC1=CC=CNO1. The maximum Gasteiger partial charge on any atom is 0.217 e. The molecule has 1 rings (SSSR count). The van der Waals surface area contributed by atoms with Gasteiger partial charge in [0.2, 0.25) is 5.88 Å². The van der Waals surface area contributed by atoms with Crippen LogP contribution in [0.5, 0.6) is 0 Å². The van der Waals surface area contributed by atoms with Crippen LogP contribution in [0.2, 0.25) is 0 Å². The Morgan fingerprint density at radius 1 is 1.62 bits per heavy atom. The van der Waals surface area contributed by atoms with E-state index in [2.05, 4.69) is 10.3 Å². The maximum atomic E-state index is 5.16. The molecule has 1 heterocycles. The van der Waals surface area contributed by atoms with Gasteiger partial charge in [-0.25, -0.2) is 5.48 Å². The molecule has 0 aromatic heterocycles. The number of halogens is 1. The summed E-state index contributed by atoms with van der Waals surface area (Å²) in [4.78, 5) is 4.58. The van der Waals surface area contributed by atoms with Crippen LogP contribution < -0.4 is 11.2 Å². The molecule has 0 saturated heterocycles. The average molecular weight is 135 g/mol. The lowest BCUT2D eigenvalue weighted by molar-refractivity contribution is 0.136. The van der Waals surface area contributed by atoms with E-state index < -0.39 is 0 Å². The summed E-state index contributed by atoms with van der Waals surface area (Å²) in [5.41, 5.74) is 7.62. The fourth-order valence-corrected chi connectivity index (χ4v) is 0.318. The molecule has 0 saturated carbocycles. The lowest BCUT2D eigenvalue weighted by atomic mass is 10.5. The summed E-state index contributed by atoms with van der Waals surface area (Å²) in [6.45, 7) is 0. The minimum absolute atomic E-state index is 0. The van der Waals surface area contributed by atoms with Crippen LogP contribution in [0.3, 0.4) is 0 Å². The predicted octanol–water partition coefficient (Wildman–Crippen LogP) is 0.257. The van der Waals surface area contributed by atoms with Crippen molar-refractivity contribution >= 4 is 12.4 Å². The number of hydroxylamine groups is 1. The third-order valence-corrected chi connectivity index (χ3v) is 0.602. The van der Waals surface area contributed by atoms with Gasteiger partial charge in [0, 0.05) is 12.3 Å². The minimum Gasteiger partial charge on any atom is -0.368 e. The fraction of sp³-hybridized carbons (Fsp3) is 0. The van der Waals surface area contributed by atoms with Gasteiger partial charge in [0.1, 0.15) is 0 Å². The van der Waals surface area contributed by atoms with Crippen LogP contribution in [0, 0.1) is 0 Å². The van der Waals surface area contributed by atoms with Crippen molar-refractivity contribution in [3.63, 3.8) is 0 Å². The van der Waals surface area contributed by atoms with Gasteiger partial charge in [0.05, 0.1) is 0 Å². The van der Waals surface area contributed by atoms with E-state index in [0.717, 1.165) is 0 Å². The van der Waals surface area contributed by atoms with E-state index >= 15 is 0 Å². The number of rotatable bonds is 0. The van der Waals surface area contributed by atoms with Crippen molar-refractivity contribution in [3.05, 3.63) is 24.2 Å². The van der Waals surface area contributed by atoms with Crippen LogP contribution in [0.4, 0.5) is 0 Å². The zero-order valence-electron chi connectivity index (χ0n) is 4.13. The molecule has 4 heteroatoms. The van der Waals surface area contributed by atoms with E-state index in [1.54, 1.807) is 18.4 Å². The molecule has 0 unspecified atom stereocenters. The summed E-state index contributed by atoms with van der Waals surface area (Å²) in [6, 6.07) is 0. The highest BCUT2D eigenvalue weighted by molar-refractivity contribution is 5.85. The highest BCUT2D eigenvalue weighted by atomic mass is 35.5. The van der Waals surface area contributed by atoms with Crippen LogP contribution in [0.25, 0.3) is 0 Å². The summed E-state index contributed by atoms with van der Waals surface area (Å²) in [5, 5.41) is 0. The van der Waals surface area contributed by atoms with Gasteiger partial charge in [0.15, 0.2) is 0 Å². The van der Waals surface area contributed by atoms with Gasteiger partial charge in [-0.2, -0.15) is 0 Å². The molecule has 8 heavy (non-hydrogen) atoms. The highest BCUT2D eigenvalue weighted by Gasteiger charge is 1.87. The standard InChI is InChI=1S/C4H6N2O.ClH/c5-4-2-1-3-6-7-4;/h1-3,6H,5H2;1H. The summed E-state index contributed by atoms with van der Waals surface area (Å²) >= 11 is 0. The molecule has 0 fully saturated rings. The lowest BCUT2D eigenvalue weighted by Gasteiger charge is -2.04. The van der Waals surface area contributed by atoms with Crippen molar-refractivity contribution in [2.24, 2.45) is 5.73 Å². The third-order valence-electron chi connectivity index (χ3n) is 0.602. The van der Waals surface area contributed by atoms with E-state index in [4.69, 9.17) is 5.73 Å². The van der Waals surface area contributed by atoms with Crippen molar-refractivity contribution in [2.45, 2.75) is 0 Å². The minimum atomic E-state index is 0. The summed E-state index contributed by atoms with van der Waals surface area (Å²) in [6.07, 6.45) is 5.08. The van der Waals surface area contributed by atoms with Crippen LogP contribution >= 0.6 is 12.4 Å². The number of allylic oxidation sites excluding steroid dienone is 2. The van der Waals surface area contributed by atoms with Crippen LogP contribution in [0.1, 0.15) is 0 Å². The van der Waals surface area contributed by atoms with E-state index in [1.165, 1.54) is 0 Å². The normalized spacial score (nSPS) is 14.8. The van der Waals surface area contributed by atoms with Gasteiger partial charge < -0.3 is 10.6 Å². The molecule has 0 amide bonds. The molecule has 0 bridgehead atoms. The number of hydrogen-bond acceptors (Lipinski definition) is 3. The molecular formula is C4H7ClN2O. The molecule has 0 aromatic rings. The molecule has 0 spiro atoms. The molecule has 46 valence electrons. The number of hydrogen-bond donors (Lipinski definition) is 2. The summed E-state index contributed by atoms with van der Waals surface area (Å²) < 4.78 is 0. The number of nitrogens with two attached hydrogens (primary N) is 1. The molecule has 1 aliphatic rings. The van der Waals surface area contributed by atoms with Gasteiger partial charge in [0.25, 0.3) is 0 Å². The molecule has 3 nitrogen and oxygen atoms in total. The first-order valence-corrected chi connectivity index (χ1v) is 1.94. The number of nitrogens with one attached hydrogen (secondary N) is 1. The molecule has 0 radical (unpaired) electrons. The average Bonchev–Trinajstić information content (AvgIpc) is 1.69. The molecular weight excluding hydrogens is 128 g/mol. The Morgan fingerprint density at radius 2 is 2.38 bits per heavy atom. The van der Waals surface area contributed by atoms with Gasteiger partial charge >= 0.3 is 0 Å². The van der Waals surface area contributed by atoms with Crippen LogP contribution in [0.15, 0.2) is 24.2 Å². The Kier molecular flexibility index (Phi) is 2.88. The van der Waals surface area contributed by atoms with Gasteiger partial charge in [-0.3, -0.25) is 0 Å². The first kappa shape index (κ1) is 7.17. The van der Waals surface area contributed by atoms with Crippen molar-refractivity contribution in [2.75, 3.05) is 0 Å². The van der Waals surface area contributed by atoms with Crippen molar-refractivity contribution in [3.8, 4) is 0 Å². The van der Waals surface area contributed by atoms with Gasteiger partial charge in [-0.15, -0.1) is 12.4 Å². The maximum absolute atomic E-state index is 5.16. The third kappa shape index (κ3) is 1.75. The van der Waals surface area contributed by atoms with Crippen LogP contribution in [-0.2, 0) is 4.84 Å². The lowest BCUT2D eigenvalue weighted by Crippen LogP contribution is -2.14. The molecule has 0 aliphatic carbocycles. The Hall–Kier alpha value is -0.830. The Balaban J connectivity index is 0.000000490. The monoisotopic (exact) mass is 134 g/mol. The molecule has 0 atom stereocenters. The smallest absolute Gasteiger partial charge is 0.217 e. The second-order valence-corrected chi connectivity index (χ2v) is 1.15.